The van der Waals surface area contributed by atoms with Crippen LogP contribution in [0, 0.1) is 16.7 Å². The lowest BCUT2D eigenvalue weighted by molar-refractivity contribution is 0.0304. The molecule has 0 N–H and O–H groups in total. The summed E-state index contributed by atoms with van der Waals surface area (Å²) in [6.45, 7) is 26.8. The van der Waals surface area contributed by atoms with E-state index in [9.17, 15) is 0 Å². The van der Waals surface area contributed by atoms with Gasteiger partial charge in [-0.2, -0.15) is 0 Å². The van der Waals surface area contributed by atoms with Crippen molar-refractivity contribution in [2.75, 3.05) is 18.5 Å². The topological polar surface area (TPSA) is 0 Å². The van der Waals surface area contributed by atoms with Gasteiger partial charge in [0.25, 0.3) is 0 Å². The zero-order chi connectivity index (χ0) is 87.8. The van der Waals surface area contributed by atoms with Crippen molar-refractivity contribution >= 4 is 7.26 Å². The van der Waals surface area contributed by atoms with Gasteiger partial charge in [-0.25, -0.2) is 0 Å². The van der Waals surface area contributed by atoms with Crippen molar-refractivity contribution in [1.29, 1.82) is 0 Å². The molecular formula is C120H244P+. The standard InChI is InChI=1S/C120H244P/c1-12-23-34-45-56-67-78-91-104-117(105-92-79-87-96-109-118(106-93-80-68-57-46-35-24-13-2,107-94-81-69-58-47-36-25-14-3)108-95-82-70-59-48-37-26-15-4)119(110-97-83-71-60-49-38-27-16-5,111-98-84-72-61-50-39-28-17-6)120(112-99-85-73-62-51-40-29-18-7,113-100-86-74-63-52-41-30-19-8)121(114-101-88-75-64-53-42-31-20-9,115-102-89-76-65-54-43-32-21-10)116-103-90-77-66-55-44-33-22-11/h117H,12-116H2,1-11H3/q+1. The van der Waals surface area contributed by atoms with E-state index in [4.69, 9.17) is 0 Å². The van der Waals surface area contributed by atoms with Gasteiger partial charge in [-0.15, -0.1) is 0 Å². The van der Waals surface area contributed by atoms with Crippen LogP contribution in [0.5, 0.6) is 0 Å². The first-order chi connectivity index (χ1) is 59.8. The van der Waals surface area contributed by atoms with Gasteiger partial charge in [0.2, 0.25) is 0 Å². The van der Waals surface area contributed by atoms with Crippen LogP contribution in [0.15, 0.2) is 0 Å². The Balaban J connectivity index is 9.53. The van der Waals surface area contributed by atoms with Crippen LogP contribution in [-0.2, 0) is 0 Å². The van der Waals surface area contributed by atoms with Gasteiger partial charge in [-0.1, -0.05) is 616 Å². The number of hydrogen-bond donors (Lipinski definition) is 0. The van der Waals surface area contributed by atoms with Gasteiger partial charge in [0.15, 0.2) is 0 Å². The second kappa shape index (κ2) is 97.9. The van der Waals surface area contributed by atoms with Crippen LogP contribution in [0.4, 0.5) is 0 Å². The number of rotatable bonds is 109. The van der Waals surface area contributed by atoms with Gasteiger partial charge >= 0.3 is 0 Å². The summed E-state index contributed by atoms with van der Waals surface area (Å²) < 4.78 is 0. The molecule has 0 saturated heterocycles. The first kappa shape index (κ1) is 121. The van der Waals surface area contributed by atoms with E-state index in [1.54, 1.807) is 140 Å². The number of unbranched alkanes of at least 4 members (excludes halogenated alkanes) is 80. The highest BCUT2D eigenvalue weighted by atomic mass is 31.2. The van der Waals surface area contributed by atoms with Crippen molar-refractivity contribution in [3.8, 4) is 0 Å². The van der Waals surface area contributed by atoms with Gasteiger partial charge in [0.05, 0.1) is 23.6 Å². The third-order valence-electron chi connectivity index (χ3n) is 31.9. The van der Waals surface area contributed by atoms with Gasteiger partial charge in [0.1, 0.15) is 0 Å². The lowest BCUT2D eigenvalue weighted by Gasteiger charge is -2.61. The Kier molecular flexibility index (Phi) is 98.3. The molecule has 0 saturated carbocycles. The zero-order valence-electron chi connectivity index (χ0n) is 87.8. The molecule has 0 aromatic carbocycles. The highest BCUT2D eigenvalue weighted by Gasteiger charge is 2.67. The molecule has 0 aliphatic carbocycles. The average Bonchev–Trinajstić information content (AvgIpc) is 0.710. The summed E-state index contributed by atoms with van der Waals surface area (Å²) in [6.07, 6.45) is 158. The molecule has 121 heavy (non-hydrogen) atoms. The van der Waals surface area contributed by atoms with E-state index in [1.165, 1.54) is 533 Å². The van der Waals surface area contributed by atoms with E-state index in [2.05, 4.69) is 76.2 Å². The molecule has 0 amide bonds. The maximum Gasteiger partial charge on any atom is 0.0857 e. The minimum absolute atomic E-state index is 0.464. The van der Waals surface area contributed by atoms with Crippen LogP contribution >= 0.6 is 7.26 Å². The van der Waals surface area contributed by atoms with Crippen LogP contribution in [0.2, 0.25) is 0 Å². The molecule has 0 rings (SSSR count). The van der Waals surface area contributed by atoms with Crippen molar-refractivity contribution < 1.29 is 0 Å². The molecule has 1 atom stereocenters. The SMILES string of the molecule is CCCCCCCCCCC(CCCCCCC(CCCCCCCCCC)(CCCCCCCCCC)CCCCCCCCCC)C(CCCCCCCCCC)(CCCCCCCCCC)C(CCCCCCCCCC)(CCCCCCCCCC)[P+](CCCCCCCCCC)(CCCCCCCCCC)CCCCCCCCCC. The molecule has 0 fully saturated rings. The zero-order valence-corrected chi connectivity index (χ0v) is 88.7. The normalized spacial score (nSPS) is 12.7. The minimum Gasteiger partial charge on any atom is -0.0654 e. The predicted molar refractivity (Wildman–Crippen MR) is 566 cm³/mol. The Hall–Kier alpha value is 0.430. The maximum absolute atomic E-state index is 2.45. The second-order valence-corrected chi connectivity index (χ2v) is 47.4. The van der Waals surface area contributed by atoms with Crippen LogP contribution in [-0.4, -0.2) is 23.6 Å². The van der Waals surface area contributed by atoms with E-state index >= 15 is 0 Å². The average molecular weight is 1720 g/mol. The molecule has 1 unspecified atom stereocenters. The summed E-state index contributed by atoms with van der Waals surface area (Å²) in [6, 6.07) is 0. The first-order valence-electron chi connectivity index (χ1n) is 59.6. The summed E-state index contributed by atoms with van der Waals surface area (Å²) in [4.78, 5) is 0. The molecule has 0 radical (unpaired) electrons. The highest BCUT2D eigenvalue weighted by molar-refractivity contribution is 7.77. The van der Waals surface area contributed by atoms with Crippen molar-refractivity contribution in [2.45, 2.75) is 736 Å². The van der Waals surface area contributed by atoms with E-state index in [0.29, 0.717) is 16.0 Å². The third kappa shape index (κ3) is 70.8. The van der Waals surface area contributed by atoms with Gasteiger partial charge in [-0.3, -0.25) is 0 Å². The highest BCUT2D eigenvalue weighted by Crippen LogP contribution is 2.81. The van der Waals surface area contributed by atoms with Crippen molar-refractivity contribution in [3.63, 3.8) is 0 Å². The van der Waals surface area contributed by atoms with E-state index in [1.807, 2.05) is 0 Å². The molecule has 0 aromatic heterocycles. The van der Waals surface area contributed by atoms with Crippen LogP contribution in [0.3, 0.4) is 0 Å². The van der Waals surface area contributed by atoms with Gasteiger partial charge < -0.3 is 0 Å². The van der Waals surface area contributed by atoms with E-state index in [0.717, 1.165) is 5.92 Å². The molecule has 0 aromatic rings. The number of hydrogen-bond acceptors (Lipinski definition) is 0. The molecule has 728 valence electrons. The Morgan fingerprint density at radius 3 is 0.438 bits per heavy atom. The lowest BCUT2D eigenvalue weighted by atomic mass is 9.56. The van der Waals surface area contributed by atoms with Crippen molar-refractivity contribution in [3.05, 3.63) is 0 Å². The van der Waals surface area contributed by atoms with E-state index < -0.39 is 7.26 Å². The largest absolute Gasteiger partial charge is 0.0857 e. The molecule has 0 aliphatic heterocycles. The Morgan fingerprint density at radius 1 is 0.132 bits per heavy atom. The smallest absolute Gasteiger partial charge is 0.0654 e. The molecule has 0 bridgehead atoms. The van der Waals surface area contributed by atoms with Gasteiger partial charge in [-0.05, 0) is 127 Å². The van der Waals surface area contributed by atoms with Crippen LogP contribution in [0.1, 0.15) is 731 Å². The molecule has 0 nitrogen and oxygen atoms in total. The van der Waals surface area contributed by atoms with Crippen molar-refractivity contribution in [1.82, 2.24) is 0 Å². The molecule has 0 spiro atoms. The fourth-order valence-corrected chi connectivity index (χ4v) is 31.0. The maximum atomic E-state index is 2.45. The third-order valence-corrected chi connectivity index (χ3v) is 38.1. The predicted octanol–water partition coefficient (Wildman–Crippen LogP) is 46.3. The van der Waals surface area contributed by atoms with Crippen LogP contribution in [0.25, 0.3) is 0 Å². The van der Waals surface area contributed by atoms with Gasteiger partial charge in [0, 0.05) is 12.7 Å². The Morgan fingerprint density at radius 2 is 0.264 bits per heavy atom. The van der Waals surface area contributed by atoms with Crippen LogP contribution < -0.4 is 0 Å². The second-order valence-electron chi connectivity index (χ2n) is 42.9. The summed E-state index contributed by atoms with van der Waals surface area (Å²) in [7, 11) is -1.59. The monoisotopic (exact) mass is 1720 g/mol. The van der Waals surface area contributed by atoms with Crippen molar-refractivity contribution in [2.24, 2.45) is 16.7 Å². The first-order valence-corrected chi connectivity index (χ1v) is 62.0. The fourth-order valence-electron chi connectivity index (χ4n) is 23.9. The minimum atomic E-state index is -1.59. The molecule has 1 heteroatoms. The Bertz CT molecular complexity index is 1720. The molecule has 0 heterocycles. The summed E-state index contributed by atoms with van der Waals surface area (Å²) in [5.41, 5.74) is 1.05. The summed E-state index contributed by atoms with van der Waals surface area (Å²) in [5.74, 6) is 0.907. The van der Waals surface area contributed by atoms with E-state index in [-0.39, 0.29) is 0 Å². The summed E-state index contributed by atoms with van der Waals surface area (Å²) >= 11 is 0. The molecule has 0 aliphatic rings. The quantitative estimate of drug-likeness (QED) is 0.0421. The molecular weight excluding hydrogens is 1470 g/mol. The Labute approximate surface area is 773 Å². The fraction of sp³-hybridized carbons (Fsp3) is 1.00. The lowest BCUT2D eigenvalue weighted by Crippen LogP contribution is -2.56. The summed E-state index contributed by atoms with van der Waals surface area (Å²) in [5, 5.41) is 0.515.